The molecule has 0 bridgehead atoms. The highest BCUT2D eigenvalue weighted by Gasteiger charge is 2.47. The van der Waals surface area contributed by atoms with Gasteiger partial charge < -0.3 is 24.4 Å². The molecule has 0 aromatic carbocycles. The van der Waals surface area contributed by atoms with Gasteiger partial charge in [-0.25, -0.2) is 4.79 Å². The van der Waals surface area contributed by atoms with Gasteiger partial charge in [-0.1, -0.05) is 25.8 Å². The number of carbonyl (C=O) groups excluding carboxylic acids is 1. The van der Waals surface area contributed by atoms with Crippen molar-refractivity contribution in [2.75, 3.05) is 7.11 Å². The van der Waals surface area contributed by atoms with Crippen LogP contribution >= 0.6 is 0 Å². The summed E-state index contributed by atoms with van der Waals surface area (Å²) in [5.41, 5.74) is 0. The number of fused-ring (bicyclic) bond motifs is 1. The van der Waals surface area contributed by atoms with Gasteiger partial charge in [0.2, 0.25) is 0 Å². The van der Waals surface area contributed by atoms with Gasteiger partial charge in [-0.3, -0.25) is 4.79 Å². The average Bonchev–Trinajstić information content (AvgIpc) is 3.19. The van der Waals surface area contributed by atoms with Crippen LogP contribution in [0.15, 0.2) is 24.0 Å². The quantitative estimate of drug-likeness (QED) is 0.299. The molecule has 5 atom stereocenters. The van der Waals surface area contributed by atoms with Crippen molar-refractivity contribution in [3.05, 3.63) is 24.0 Å². The fraction of sp³-hybridized carbons (Fsp3) is 0.727. The number of ether oxygens (including phenoxy) is 3. The number of rotatable bonds is 11. The second-order valence-corrected chi connectivity index (χ2v) is 7.85. The Morgan fingerprint density at radius 3 is 2.79 bits per heavy atom. The third kappa shape index (κ3) is 7.38. The Morgan fingerprint density at radius 2 is 2.10 bits per heavy atom. The smallest absolute Gasteiger partial charge is 0.495 e. The van der Waals surface area contributed by atoms with Crippen molar-refractivity contribution in [3.63, 3.8) is 0 Å². The fourth-order valence-electron chi connectivity index (χ4n) is 4.11. The Morgan fingerprint density at radius 1 is 1.31 bits per heavy atom. The van der Waals surface area contributed by atoms with Crippen molar-refractivity contribution >= 4 is 12.1 Å². The standard InChI is InChI=1S/C22H34O7/c1-3-4-5-8-15(29-22(26)27-2)11-12-17-18-13-16(9-6-7-10-21(24)25)28-20(18)14-19(17)23/h9,11-12,15,17-20,23H,3-8,10,13-14H2,1-2H3,(H,24,25). The van der Waals surface area contributed by atoms with Crippen molar-refractivity contribution in [2.45, 2.75) is 83.0 Å². The summed E-state index contributed by atoms with van der Waals surface area (Å²) < 4.78 is 15.9. The Balaban J connectivity index is 1.94. The van der Waals surface area contributed by atoms with Gasteiger partial charge in [-0.05, 0) is 37.8 Å². The van der Waals surface area contributed by atoms with E-state index in [1.54, 1.807) is 0 Å². The molecule has 29 heavy (non-hydrogen) atoms. The lowest BCUT2D eigenvalue weighted by Gasteiger charge is -2.18. The van der Waals surface area contributed by atoms with Crippen molar-refractivity contribution in [2.24, 2.45) is 11.8 Å². The molecule has 1 heterocycles. The van der Waals surface area contributed by atoms with Crippen LogP contribution in [0.1, 0.15) is 64.7 Å². The van der Waals surface area contributed by atoms with Crippen LogP contribution in [-0.2, 0) is 19.0 Å². The zero-order chi connectivity index (χ0) is 21.2. The second-order valence-electron chi connectivity index (χ2n) is 7.85. The molecule has 164 valence electrons. The van der Waals surface area contributed by atoms with E-state index < -0.39 is 18.2 Å². The molecule has 5 unspecified atom stereocenters. The van der Waals surface area contributed by atoms with Crippen LogP contribution in [0, 0.1) is 11.8 Å². The minimum absolute atomic E-state index is 0.0227. The lowest BCUT2D eigenvalue weighted by molar-refractivity contribution is -0.137. The molecule has 2 aliphatic rings. The summed E-state index contributed by atoms with van der Waals surface area (Å²) in [4.78, 5) is 22.1. The molecule has 2 N–H and O–H groups in total. The molecule has 1 saturated carbocycles. The molecule has 2 rings (SSSR count). The molecular formula is C22H34O7. The van der Waals surface area contributed by atoms with E-state index in [4.69, 9.17) is 14.6 Å². The van der Waals surface area contributed by atoms with Crippen molar-refractivity contribution in [1.82, 2.24) is 0 Å². The van der Waals surface area contributed by atoms with Crippen LogP contribution < -0.4 is 0 Å². The number of unbranched alkanes of at least 4 members (excludes halogenated alkanes) is 3. The van der Waals surface area contributed by atoms with Crippen LogP contribution in [0.3, 0.4) is 0 Å². The number of aliphatic carboxylic acids is 1. The number of carboxylic acids is 1. The lowest BCUT2D eigenvalue weighted by Crippen LogP contribution is -2.20. The molecule has 0 aromatic rings. The highest BCUT2D eigenvalue weighted by atomic mass is 16.7. The van der Waals surface area contributed by atoms with Crippen LogP contribution in [0.2, 0.25) is 0 Å². The first kappa shape index (κ1) is 23.3. The molecule has 7 heteroatoms. The molecule has 2 fully saturated rings. The number of hydrogen-bond acceptors (Lipinski definition) is 6. The number of carboxylic acid groups (broad SMARTS) is 1. The topological polar surface area (TPSA) is 102 Å². The highest BCUT2D eigenvalue weighted by molar-refractivity contribution is 5.66. The monoisotopic (exact) mass is 410 g/mol. The van der Waals surface area contributed by atoms with E-state index in [1.165, 1.54) is 7.11 Å². The summed E-state index contributed by atoms with van der Waals surface area (Å²) in [6.45, 7) is 2.12. The predicted molar refractivity (Wildman–Crippen MR) is 107 cm³/mol. The summed E-state index contributed by atoms with van der Waals surface area (Å²) >= 11 is 0. The van der Waals surface area contributed by atoms with E-state index in [1.807, 2.05) is 18.2 Å². The maximum atomic E-state index is 11.5. The maximum absolute atomic E-state index is 11.5. The summed E-state index contributed by atoms with van der Waals surface area (Å²) in [6.07, 6.45) is 10.8. The predicted octanol–water partition coefficient (Wildman–Crippen LogP) is 4.20. The van der Waals surface area contributed by atoms with Crippen LogP contribution in [0.4, 0.5) is 4.79 Å². The van der Waals surface area contributed by atoms with E-state index in [-0.39, 0.29) is 30.5 Å². The zero-order valence-corrected chi connectivity index (χ0v) is 17.4. The largest absolute Gasteiger partial charge is 0.508 e. The Kier molecular flexibility index (Phi) is 9.51. The van der Waals surface area contributed by atoms with Gasteiger partial charge in [0.15, 0.2) is 0 Å². The number of hydrogen-bond donors (Lipinski definition) is 2. The van der Waals surface area contributed by atoms with Gasteiger partial charge in [0.1, 0.15) is 12.2 Å². The summed E-state index contributed by atoms with van der Waals surface area (Å²) in [6, 6.07) is 0. The lowest BCUT2D eigenvalue weighted by atomic mass is 9.90. The van der Waals surface area contributed by atoms with Gasteiger partial charge in [0, 0.05) is 31.1 Å². The molecule has 0 aromatic heterocycles. The normalized spacial score (nSPS) is 28.3. The first-order valence-corrected chi connectivity index (χ1v) is 10.6. The van der Waals surface area contributed by atoms with E-state index in [0.717, 1.165) is 37.9 Å². The fourth-order valence-corrected chi connectivity index (χ4v) is 4.11. The number of aliphatic hydroxyl groups excluding tert-OH is 1. The van der Waals surface area contributed by atoms with Crippen LogP contribution in [-0.4, -0.2) is 47.8 Å². The van der Waals surface area contributed by atoms with Gasteiger partial charge in [-0.15, -0.1) is 0 Å². The van der Waals surface area contributed by atoms with Crippen molar-refractivity contribution in [1.29, 1.82) is 0 Å². The second kappa shape index (κ2) is 11.9. The first-order valence-electron chi connectivity index (χ1n) is 10.6. The molecule has 1 aliphatic carbocycles. The number of carbonyl (C=O) groups is 2. The first-order chi connectivity index (χ1) is 13.9. The molecule has 0 amide bonds. The highest BCUT2D eigenvalue weighted by Crippen LogP contribution is 2.45. The van der Waals surface area contributed by atoms with E-state index >= 15 is 0 Å². The minimum Gasteiger partial charge on any atom is -0.495 e. The van der Waals surface area contributed by atoms with Crippen LogP contribution in [0.5, 0.6) is 0 Å². The molecular weight excluding hydrogens is 376 g/mol. The number of aliphatic hydroxyl groups is 1. The van der Waals surface area contributed by atoms with Crippen molar-refractivity contribution < 1.29 is 34.0 Å². The average molecular weight is 411 g/mol. The van der Waals surface area contributed by atoms with E-state index in [9.17, 15) is 14.7 Å². The third-order valence-corrected chi connectivity index (χ3v) is 5.65. The molecule has 0 spiro atoms. The Hall–Kier alpha value is -2.02. The van der Waals surface area contributed by atoms with Crippen molar-refractivity contribution in [3.8, 4) is 0 Å². The van der Waals surface area contributed by atoms with Gasteiger partial charge in [0.05, 0.1) is 19.0 Å². The SMILES string of the molecule is CCCCCC(C=CC1C(O)CC2OC(=CCCCC(=O)O)CC21)OC(=O)OC. The molecule has 1 saturated heterocycles. The molecule has 1 aliphatic heterocycles. The maximum Gasteiger partial charge on any atom is 0.508 e. The molecule has 0 radical (unpaired) electrons. The van der Waals surface area contributed by atoms with E-state index in [0.29, 0.717) is 19.3 Å². The number of allylic oxidation sites excluding steroid dienone is 2. The zero-order valence-electron chi connectivity index (χ0n) is 17.4. The third-order valence-electron chi connectivity index (χ3n) is 5.65. The van der Waals surface area contributed by atoms with E-state index in [2.05, 4.69) is 11.7 Å². The summed E-state index contributed by atoms with van der Waals surface area (Å²) in [5, 5.41) is 19.2. The summed E-state index contributed by atoms with van der Waals surface area (Å²) in [7, 11) is 1.29. The van der Waals surface area contributed by atoms with Crippen LogP contribution in [0.25, 0.3) is 0 Å². The van der Waals surface area contributed by atoms with Gasteiger partial charge in [0.25, 0.3) is 0 Å². The molecule has 7 nitrogen and oxygen atoms in total. The Labute approximate surface area is 172 Å². The van der Waals surface area contributed by atoms with Gasteiger partial charge >= 0.3 is 12.1 Å². The Bertz CT molecular complexity index is 598. The number of methoxy groups -OCH3 is 1. The minimum atomic E-state index is -0.788. The summed E-state index contributed by atoms with van der Waals surface area (Å²) in [5.74, 6) is 0.228. The van der Waals surface area contributed by atoms with Gasteiger partial charge in [-0.2, -0.15) is 0 Å².